The molecule has 4 heteroatoms. The van der Waals surface area contributed by atoms with Gasteiger partial charge in [-0.1, -0.05) is 12.1 Å². The third kappa shape index (κ3) is 4.79. The molecule has 0 radical (unpaired) electrons. The molecule has 23 heavy (non-hydrogen) atoms. The number of piperidine rings is 1. The van der Waals surface area contributed by atoms with Crippen LogP contribution in [-0.4, -0.2) is 38.8 Å². The molecule has 2 N–H and O–H groups in total. The van der Waals surface area contributed by atoms with E-state index in [1.165, 1.54) is 18.4 Å². The Bertz CT molecular complexity index is 489. The maximum atomic E-state index is 12.2. The molecular formula is C19H28N2O2. The molecule has 3 rings (SSSR count). The fourth-order valence-corrected chi connectivity index (χ4v) is 3.59. The lowest BCUT2D eigenvalue weighted by Gasteiger charge is -2.23. The molecule has 2 fully saturated rings. The molecule has 1 aromatic rings. The van der Waals surface area contributed by atoms with E-state index in [0.29, 0.717) is 11.8 Å². The van der Waals surface area contributed by atoms with Crippen molar-refractivity contribution in [2.45, 2.75) is 38.0 Å². The molecular weight excluding hydrogens is 288 g/mol. The lowest BCUT2D eigenvalue weighted by Crippen LogP contribution is -2.28. The van der Waals surface area contributed by atoms with Crippen LogP contribution in [0.3, 0.4) is 0 Å². The number of amides is 1. The first-order valence-electron chi connectivity index (χ1n) is 8.99. The number of benzene rings is 1. The van der Waals surface area contributed by atoms with Gasteiger partial charge in [-0.3, -0.25) is 4.79 Å². The van der Waals surface area contributed by atoms with Crippen molar-refractivity contribution in [3.05, 3.63) is 35.4 Å². The zero-order valence-corrected chi connectivity index (χ0v) is 13.9. The number of carbonyl (C=O) groups is 1. The second kappa shape index (κ2) is 8.46. The van der Waals surface area contributed by atoms with Gasteiger partial charge in [0.25, 0.3) is 5.91 Å². The topological polar surface area (TPSA) is 50.4 Å². The summed E-state index contributed by atoms with van der Waals surface area (Å²) < 4.78 is 5.37. The monoisotopic (exact) mass is 316 g/mol. The molecule has 4 nitrogen and oxygen atoms in total. The molecule has 2 aliphatic heterocycles. The molecule has 0 aliphatic carbocycles. The van der Waals surface area contributed by atoms with Crippen molar-refractivity contribution in [1.82, 2.24) is 10.6 Å². The van der Waals surface area contributed by atoms with Gasteiger partial charge in [0.15, 0.2) is 0 Å². The van der Waals surface area contributed by atoms with Gasteiger partial charge in [0.2, 0.25) is 0 Å². The molecule has 0 saturated carbocycles. The van der Waals surface area contributed by atoms with E-state index in [-0.39, 0.29) is 5.91 Å². The Morgan fingerprint density at radius 3 is 2.48 bits per heavy atom. The summed E-state index contributed by atoms with van der Waals surface area (Å²) in [6.07, 6.45) is 5.69. The lowest BCUT2D eigenvalue weighted by molar-refractivity contribution is 0.0636. The fraction of sp³-hybridized carbons (Fsp3) is 0.632. The Kier molecular flexibility index (Phi) is 6.06. The number of rotatable bonds is 5. The number of ether oxygens (including phenoxy) is 1. The number of hydrogen-bond donors (Lipinski definition) is 2. The molecule has 2 heterocycles. The predicted octanol–water partition coefficient (Wildman–Crippen LogP) is 2.70. The summed E-state index contributed by atoms with van der Waals surface area (Å²) in [7, 11) is 0. The molecule has 0 atom stereocenters. The average Bonchev–Trinajstić information content (AvgIpc) is 2.63. The van der Waals surface area contributed by atoms with Crippen molar-refractivity contribution in [1.29, 1.82) is 0 Å². The van der Waals surface area contributed by atoms with Gasteiger partial charge in [-0.2, -0.15) is 0 Å². The lowest BCUT2D eigenvalue weighted by atomic mass is 9.90. The zero-order chi connectivity index (χ0) is 15.9. The molecule has 2 saturated heterocycles. The third-order valence-corrected chi connectivity index (χ3v) is 5.16. The van der Waals surface area contributed by atoms with E-state index < -0.39 is 0 Å². The number of carbonyl (C=O) groups excluding carboxylic acids is 1. The highest BCUT2D eigenvalue weighted by atomic mass is 16.5. The van der Waals surface area contributed by atoms with Crippen LogP contribution in [0.4, 0.5) is 0 Å². The zero-order valence-electron chi connectivity index (χ0n) is 13.9. The summed E-state index contributed by atoms with van der Waals surface area (Å²) in [5, 5.41) is 6.45. The molecule has 0 aromatic heterocycles. The van der Waals surface area contributed by atoms with E-state index >= 15 is 0 Å². The van der Waals surface area contributed by atoms with E-state index in [1.54, 1.807) is 0 Å². The van der Waals surface area contributed by atoms with Crippen LogP contribution in [0.1, 0.15) is 53.9 Å². The molecule has 126 valence electrons. The van der Waals surface area contributed by atoms with Crippen LogP contribution in [0.5, 0.6) is 0 Å². The standard InChI is InChI=1S/C19H28N2O2/c22-19(21-12-5-15-8-13-23-14-9-15)18-3-1-16(2-4-18)17-6-10-20-11-7-17/h1-4,15,17,20H,5-14H2,(H,21,22). The smallest absolute Gasteiger partial charge is 0.251 e. The van der Waals surface area contributed by atoms with Gasteiger partial charge in [-0.15, -0.1) is 0 Å². The third-order valence-electron chi connectivity index (χ3n) is 5.16. The van der Waals surface area contributed by atoms with Crippen LogP contribution < -0.4 is 10.6 Å². The minimum Gasteiger partial charge on any atom is -0.381 e. The maximum absolute atomic E-state index is 12.2. The largest absolute Gasteiger partial charge is 0.381 e. The van der Waals surface area contributed by atoms with E-state index in [1.807, 2.05) is 12.1 Å². The highest BCUT2D eigenvalue weighted by Crippen LogP contribution is 2.25. The van der Waals surface area contributed by atoms with Crippen molar-refractivity contribution in [2.75, 3.05) is 32.8 Å². The molecule has 1 aromatic carbocycles. The molecule has 1 amide bonds. The predicted molar refractivity (Wildman–Crippen MR) is 91.8 cm³/mol. The van der Waals surface area contributed by atoms with Crippen molar-refractivity contribution in [3.63, 3.8) is 0 Å². The Morgan fingerprint density at radius 1 is 1.09 bits per heavy atom. The second-order valence-electron chi connectivity index (χ2n) is 6.75. The summed E-state index contributed by atoms with van der Waals surface area (Å²) in [6, 6.07) is 8.20. The summed E-state index contributed by atoms with van der Waals surface area (Å²) >= 11 is 0. The Hall–Kier alpha value is -1.39. The first kappa shape index (κ1) is 16.5. The van der Waals surface area contributed by atoms with Gasteiger partial charge in [0.1, 0.15) is 0 Å². The minimum atomic E-state index is 0.0499. The highest BCUT2D eigenvalue weighted by Gasteiger charge is 2.16. The molecule has 2 aliphatic rings. The van der Waals surface area contributed by atoms with Crippen LogP contribution in [0, 0.1) is 5.92 Å². The van der Waals surface area contributed by atoms with Crippen molar-refractivity contribution in [2.24, 2.45) is 5.92 Å². The second-order valence-corrected chi connectivity index (χ2v) is 6.75. The Labute approximate surface area is 139 Å². The minimum absolute atomic E-state index is 0.0499. The fourth-order valence-electron chi connectivity index (χ4n) is 3.59. The highest BCUT2D eigenvalue weighted by molar-refractivity contribution is 5.94. The van der Waals surface area contributed by atoms with Crippen molar-refractivity contribution >= 4 is 5.91 Å². The quantitative estimate of drug-likeness (QED) is 0.878. The first-order valence-corrected chi connectivity index (χ1v) is 8.99. The molecule has 0 unspecified atom stereocenters. The first-order chi connectivity index (χ1) is 11.3. The van der Waals surface area contributed by atoms with Gasteiger partial charge >= 0.3 is 0 Å². The van der Waals surface area contributed by atoms with Gasteiger partial charge in [-0.05, 0) is 74.7 Å². The SMILES string of the molecule is O=C(NCCC1CCOCC1)c1ccc(C2CCNCC2)cc1. The molecule has 0 bridgehead atoms. The van der Waals surface area contributed by atoms with Crippen LogP contribution in [0.2, 0.25) is 0 Å². The van der Waals surface area contributed by atoms with Gasteiger partial charge < -0.3 is 15.4 Å². The van der Waals surface area contributed by atoms with Crippen LogP contribution >= 0.6 is 0 Å². The average molecular weight is 316 g/mol. The molecule has 0 spiro atoms. The summed E-state index contributed by atoms with van der Waals surface area (Å²) in [4.78, 5) is 12.2. The normalized spacial score (nSPS) is 20.3. The van der Waals surface area contributed by atoms with E-state index in [9.17, 15) is 4.79 Å². The van der Waals surface area contributed by atoms with Crippen LogP contribution in [0.15, 0.2) is 24.3 Å². The summed E-state index contributed by atoms with van der Waals surface area (Å²) in [6.45, 7) is 4.70. The van der Waals surface area contributed by atoms with E-state index in [2.05, 4.69) is 22.8 Å². The van der Waals surface area contributed by atoms with Crippen molar-refractivity contribution < 1.29 is 9.53 Å². The number of nitrogens with one attached hydrogen (secondary N) is 2. The van der Waals surface area contributed by atoms with Crippen molar-refractivity contribution in [3.8, 4) is 0 Å². The maximum Gasteiger partial charge on any atom is 0.251 e. The van der Waals surface area contributed by atoms with Gasteiger partial charge in [-0.25, -0.2) is 0 Å². The van der Waals surface area contributed by atoms with E-state index in [0.717, 1.165) is 57.7 Å². The van der Waals surface area contributed by atoms with Gasteiger partial charge in [0.05, 0.1) is 0 Å². The Balaban J connectivity index is 1.45. The summed E-state index contributed by atoms with van der Waals surface area (Å²) in [5.74, 6) is 1.39. The van der Waals surface area contributed by atoms with E-state index in [4.69, 9.17) is 4.74 Å². The van der Waals surface area contributed by atoms with Crippen LogP contribution in [-0.2, 0) is 4.74 Å². The van der Waals surface area contributed by atoms with Crippen LogP contribution in [0.25, 0.3) is 0 Å². The van der Waals surface area contributed by atoms with Gasteiger partial charge in [0, 0.05) is 25.3 Å². The number of hydrogen-bond acceptors (Lipinski definition) is 3. The Morgan fingerprint density at radius 2 is 1.78 bits per heavy atom. The summed E-state index contributed by atoms with van der Waals surface area (Å²) in [5.41, 5.74) is 2.14.